The van der Waals surface area contributed by atoms with Crippen molar-refractivity contribution >= 4 is 11.5 Å². The standard InChI is InChI=1S/C12H12O3/c1-15-10-4-5-11-8(6-10)2-3-9(11)7-12(13)14/h4-7H,2-3H2,1H3,(H,13,14)/b9-7+. The minimum Gasteiger partial charge on any atom is -0.497 e. The maximum atomic E-state index is 10.6. The third-order valence-electron chi connectivity index (χ3n) is 2.62. The Morgan fingerprint density at radius 3 is 2.93 bits per heavy atom. The van der Waals surface area contributed by atoms with Gasteiger partial charge in [-0.2, -0.15) is 0 Å². The summed E-state index contributed by atoms with van der Waals surface area (Å²) >= 11 is 0. The van der Waals surface area contributed by atoms with Crippen LogP contribution in [0.4, 0.5) is 0 Å². The lowest BCUT2D eigenvalue weighted by molar-refractivity contribution is -0.131. The van der Waals surface area contributed by atoms with Crippen molar-refractivity contribution in [3.63, 3.8) is 0 Å². The minimum atomic E-state index is -0.881. The molecule has 0 saturated heterocycles. The number of hydrogen-bond acceptors (Lipinski definition) is 2. The summed E-state index contributed by atoms with van der Waals surface area (Å²) in [5.41, 5.74) is 3.11. The molecule has 0 saturated carbocycles. The Labute approximate surface area is 88.0 Å². The Hall–Kier alpha value is -1.77. The van der Waals surface area contributed by atoms with E-state index in [9.17, 15) is 4.79 Å². The summed E-state index contributed by atoms with van der Waals surface area (Å²) in [5.74, 6) is -0.0565. The van der Waals surface area contributed by atoms with Gasteiger partial charge in [-0.05, 0) is 41.7 Å². The first kappa shape index (κ1) is 9.77. The molecule has 0 heterocycles. The maximum Gasteiger partial charge on any atom is 0.328 e. The van der Waals surface area contributed by atoms with Gasteiger partial charge in [0.05, 0.1) is 7.11 Å². The van der Waals surface area contributed by atoms with E-state index in [0.29, 0.717) is 0 Å². The molecule has 78 valence electrons. The highest BCUT2D eigenvalue weighted by atomic mass is 16.5. The second-order valence-corrected chi connectivity index (χ2v) is 3.53. The summed E-state index contributed by atoms with van der Waals surface area (Å²) in [6.45, 7) is 0. The summed E-state index contributed by atoms with van der Waals surface area (Å²) in [7, 11) is 1.63. The maximum absolute atomic E-state index is 10.6. The number of aryl methyl sites for hydroxylation is 1. The van der Waals surface area contributed by atoms with Crippen molar-refractivity contribution in [3.8, 4) is 5.75 Å². The Bertz CT molecular complexity index is 432. The van der Waals surface area contributed by atoms with E-state index in [0.717, 1.165) is 29.7 Å². The van der Waals surface area contributed by atoms with Gasteiger partial charge in [0.1, 0.15) is 5.75 Å². The monoisotopic (exact) mass is 204 g/mol. The predicted molar refractivity (Wildman–Crippen MR) is 56.9 cm³/mol. The fourth-order valence-corrected chi connectivity index (χ4v) is 1.92. The summed E-state index contributed by atoms with van der Waals surface area (Å²) in [4.78, 5) is 10.6. The topological polar surface area (TPSA) is 46.5 Å². The largest absolute Gasteiger partial charge is 0.497 e. The van der Waals surface area contributed by atoms with Crippen molar-refractivity contribution in [3.05, 3.63) is 35.4 Å². The molecule has 3 nitrogen and oxygen atoms in total. The number of carboxylic acid groups (broad SMARTS) is 1. The Morgan fingerprint density at radius 2 is 2.27 bits per heavy atom. The van der Waals surface area contributed by atoms with E-state index < -0.39 is 5.97 Å². The third kappa shape index (κ3) is 1.86. The zero-order valence-electron chi connectivity index (χ0n) is 8.49. The lowest BCUT2D eigenvalue weighted by Gasteiger charge is -2.03. The second-order valence-electron chi connectivity index (χ2n) is 3.53. The van der Waals surface area contributed by atoms with Gasteiger partial charge in [0.2, 0.25) is 0 Å². The first-order chi connectivity index (χ1) is 7.20. The van der Waals surface area contributed by atoms with Crippen molar-refractivity contribution < 1.29 is 14.6 Å². The van der Waals surface area contributed by atoms with E-state index in [1.54, 1.807) is 7.11 Å². The molecule has 1 aliphatic carbocycles. The number of fused-ring (bicyclic) bond motifs is 1. The first-order valence-electron chi connectivity index (χ1n) is 4.81. The van der Waals surface area contributed by atoms with Gasteiger partial charge in [-0.25, -0.2) is 4.79 Å². The molecule has 1 aromatic carbocycles. The summed E-state index contributed by atoms with van der Waals surface area (Å²) in [6, 6.07) is 5.76. The Balaban J connectivity index is 2.40. The first-order valence-corrected chi connectivity index (χ1v) is 4.81. The van der Waals surface area contributed by atoms with Gasteiger partial charge >= 0.3 is 5.97 Å². The van der Waals surface area contributed by atoms with Crippen LogP contribution in [0.5, 0.6) is 5.75 Å². The van der Waals surface area contributed by atoms with Gasteiger partial charge in [-0.1, -0.05) is 6.07 Å². The van der Waals surface area contributed by atoms with Crippen molar-refractivity contribution in [2.45, 2.75) is 12.8 Å². The lowest BCUT2D eigenvalue weighted by atomic mass is 10.1. The highest BCUT2D eigenvalue weighted by Gasteiger charge is 2.17. The molecule has 0 aromatic heterocycles. The molecule has 1 aliphatic rings. The van der Waals surface area contributed by atoms with Crippen LogP contribution in [-0.4, -0.2) is 18.2 Å². The van der Waals surface area contributed by atoms with Crippen molar-refractivity contribution in [2.75, 3.05) is 7.11 Å². The highest BCUT2D eigenvalue weighted by Crippen LogP contribution is 2.34. The number of methoxy groups -OCH3 is 1. The van der Waals surface area contributed by atoms with Crippen LogP contribution in [0.2, 0.25) is 0 Å². The van der Waals surface area contributed by atoms with Crippen molar-refractivity contribution in [1.29, 1.82) is 0 Å². The summed E-state index contributed by atoms with van der Waals surface area (Å²) in [6.07, 6.45) is 2.98. The average molecular weight is 204 g/mol. The van der Waals surface area contributed by atoms with Gasteiger partial charge < -0.3 is 9.84 Å². The molecule has 15 heavy (non-hydrogen) atoms. The molecule has 0 radical (unpaired) electrons. The molecule has 1 N–H and O–H groups in total. The van der Waals surface area contributed by atoms with Gasteiger partial charge in [-0.3, -0.25) is 0 Å². The Kier molecular flexibility index (Phi) is 2.46. The van der Waals surface area contributed by atoms with Gasteiger partial charge in [-0.15, -0.1) is 0 Å². The molecule has 0 fully saturated rings. The molecule has 3 heteroatoms. The molecule has 2 rings (SSSR count). The predicted octanol–water partition coefficient (Wildman–Crippen LogP) is 2.11. The van der Waals surface area contributed by atoms with Crippen molar-refractivity contribution in [1.82, 2.24) is 0 Å². The number of ether oxygens (including phenoxy) is 1. The molecule has 0 aliphatic heterocycles. The molecule has 0 atom stereocenters. The fraction of sp³-hybridized carbons (Fsp3) is 0.250. The van der Waals surface area contributed by atoms with E-state index in [1.165, 1.54) is 11.6 Å². The third-order valence-corrected chi connectivity index (χ3v) is 2.62. The lowest BCUT2D eigenvalue weighted by Crippen LogP contribution is -1.90. The normalized spacial score (nSPS) is 16.5. The number of hydrogen-bond donors (Lipinski definition) is 1. The van der Waals surface area contributed by atoms with Crippen LogP contribution in [0.3, 0.4) is 0 Å². The Morgan fingerprint density at radius 1 is 1.47 bits per heavy atom. The van der Waals surface area contributed by atoms with E-state index in [1.807, 2.05) is 18.2 Å². The van der Waals surface area contributed by atoms with Crippen LogP contribution in [0.15, 0.2) is 24.3 Å². The van der Waals surface area contributed by atoms with E-state index in [-0.39, 0.29) is 0 Å². The van der Waals surface area contributed by atoms with Crippen LogP contribution in [-0.2, 0) is 11.2 Å². The number of aliphatic carboxylic acids is 1. The smallest absolute Gasteiger partial charge is 0.328 e. The summed E-state index contributed by atoms with van der Waals surface area (Å²) in [5, 5.41) is 8.70. The van der Waals surface area contributed by atoms with Crippen molar-refractivity contribution in [2.24, 2.45) is 0 Å². The SMILES string of the molecule is COc1ccc2c(c1)CC/C2=C\C(=O)O. The number of carboxylic acids is 1. The number of rotatable bonds is 2. The molecule has 0 bridgehead atoms. The molecule has 0 amide bonds. The highest BCUT2D eigenvalue weighted by molar-refractivity contribution is 5.91. The van der Waals surface area contributed by atoms with E-state index >= 15 is 0 Å². The van der Waals surface area contributed by atoms with Gasteiger partial charge in [0.15, 0.2) is 0 Å². The van der Waals surface area contributed by atoms with Crippen LogP contribution in [0.1, 0.15) is 17.5 Å². The van der Waals surface area contributed by atoms with Crippen LogP contribution in [0, 0.1) is 0 Å². The molecule has 0 spiro atoms. The molecular weight excluding hydrogens is 192 g/mol. The second kappa shape index (κ2) is 3.77. The van der Waals surface area contributed by atoms with Crippen LogP contribution in [0.25, 0.3) is 5.57 Å². The van der Waals surface area contributed by atoms with Crippen LogP contribution >= 0.6 is 0 Å². The number of carbonyl (C=O) groups is 1. The summed E-state index contributed by atoms with van der Waals surface area (Å²) < 4.78 is 5.12. The molecule has 0 unspecified atom stereocenters. The average Bonchev–Trinajstić information content (AvgIpc) is 2.60. The zero-order valence-corrected chi connectivity index (χ0v) is 8.49. The van der Waals surface area contributed by atoms with Gasteiger partial charge in [0, 0.05) is 6.08 Å². The van der Waals surface area contributed by atoms with E-state index in [2.05, 4.69) is 0 Å². The minimum absolute atomic E-state index is 0.800. The van der Waals surface area contributed by atoms with Gasteiger partial charge in [0.25, 0.3) is 0 Å². The quantitative estimate of drug-likeness (QED) is 0.750. The van der Waals surface area contributed by atoms with Crippen LogP contribution < -0.4 is 4.74 Å². The molecule has 1 aromatic rings. The number of allylic oxidation sites excluding steroid dienone is 1. The zero-order chi connectivity index (χ0) is 10.8. The molecular formula is C12H12O3. The number of benzene rings is 1. The fourth-order valence-electron chi connectivity index (χ4n) is 1.92. The van der Waals surface area contributed by atoms with E-state index in [4.69, 9.17) is 9.84 Å².